The summed E-state index contributed by atoms with van der Waals surface area (Å²) in [4.78, 5) is 17.1. The van der Waals surface area contributed by atoms with Gasteiger partial charge in [0.15, 0.2) is 0 Å². The molecule has 0 radical (unpaired) electrons. The fraction of sp³-hybridized carbons (Fsp3) is 0.720. The van der Waals surface area contributed by atoms with Crippen LogP contribution in [0.15, 0.2) is 24.3 Å². The van der Waals surface area contributed by atoms with Crippen LogP contribution in [0, 0.1) is 11.8 Å². The van der Waals surface area contributed by atoms with Gasteiger partial charge in [0.2, 0.25) is 5.91 Å². The standard InChI is InChI=1S/C25H39N3O/c1-27-14-12-24(13-15-27)28-16-10-22(11-17-28)18-21-4-2-20(3-5-21)8-9-25(29)26-19-23-6-7-23/h2-5,22-24H,6-19H2,1H3,(H,26,29). The molecule has 29 heavy (non-hydrogen) atoms. The third kappa shape index (κ3) is 6.55. The highest BCUT2D eigenvalue weighted by Crippen LogP contribution is 2.28. The van der Waals surface area contributed by atoms with Gasteiger partial charge in [-0.1, -0.05) is 24.3 Å². The van der Waals surface area contributed by atoms with E-state index in [1.54, 1.807) is 0 Å². The molecule has 2 saturated heterocycles. The highest BCUT2D eigenvalue weighted by Gasteiger charge is 2.27. The van der Waals surface area contributed by atoms with Crippen LogP contribution in [0.1, 0.15) is 56.1 Å². The van der Waals surface area contributed by atoms with E-state index in [2.05, 4.69) is 46.4 Å². The molecule has 2 heterocycles. The highest BCUT2D eigenvalue weighted by molar-refractivity contribution is 5.76. The van der Waals surface area contributed by atoms with Gasteiger partial charge in [0.05, 0.1) is 0 Å². The third-order valence-electron chi connectivity index (χ3n) is 7.33. The molecule has 0 aromatic heterocycles. The van der Waals surface area contributed by atoms with E-state index in [4.69, 9.17) is 0 Å². The van der Waals surface area contributed by atoms with Gasteiger partial charge in [-0.3, -0.25) is 4.79 Å². The highest BCUT2D eigenvalue weighted by atomic mass is 16.1. The largest absolute Gasteiger partial charge is 0.356 e. The normalized spacial score (nSPS) is 22.7. The number of carbonyl (C=O) groups excluding carboxylic acids is 1. The maximum atomic E-state index is 11.9. The first-order chi connectivity index (χ1) is 14.2. The van der Waals surface area contributed by atoms with Crippen LogP contribution in [0.3, 0.4) is 0 Å². The lowest BCUT2D eigenvalue weighted by Crippen LogP contribution is -2.47. The number of hydrogen-bond donors (Lipinski definition) is 1. The van der Waals surface area contributed by atoms with Crippen molar-refractivity contribution in [2.75, 3.05) is 39.8 Å². The monoisotopic (exact) mass is 397 g/mol. The molecule has 160 valence electrons. The average molecular weight is 398 g/mol. The van der Waals surface area contributed by atoms with Crippen molar-refractivity contribution in [1.29, 1.82) is 0 Å². The summed E-state index contributed by atoms with van der Waals surface area (Å²) in [6, 6.07) is 9.88. The smallest absolute Gasteiger partial charge is 0.220 e. The minimum Gasteiger partial charge on any atom is -0.356 e. The minimum atomic E-state index is 0.206. The van der Waals surface area contributed by atoms with Crippen molar-refractivity contribution in [3.63, 3.8) is 0 Å². The second kappa shape index (κ2) is 10.1. The van der Waals surface area contributed by atoms with E-state index in [0.717, 1.165) is 30.8 Å². The Morgan fingerprint density at radius 2 is 1.55 bits per heavy atom. The second-order valence-electron chi connectivity index (χ2n) is 9.78. The maximum absolute atomic E-state index is 11.9. The zero-order valence-electron chi connectivity index (χ0n) is 18.2. The topological polar surface area (TPSA) is 35.6 Å². The minimum absolute atomic E-state index is 0.206. The Bertz CT molecular complexity index is 639. The molecule has 4 heteroatoms. The van der Waals surface area contributed by atoms with Gasteiger partial charge >= 0.3 is 0 Å². The van der Waals surface area contributed by atoms with Crippen LogP contribution in [0.4, 0.5) is 0 Å². The second-order valence-corrected chi connectivity index (χ2v) is 9.78. The summed E-state index contributed by atoms with van der Waals surface area (Å²) in [6.45, 7) is 5.98. The molecule has 4 rings (SSSR count). The first kappa shape index (κ1) is 20.9. The Morgan fingerprint density at radius 1 is 0.897 bits per heavy atom. The number of nitrogens with one attached hydrogen (secondary N) is 1. The molecule has 1 amide bonds. The van der Waals surface area contributed by atoms with E-state index in [9.17, 15) is 4.79 Å². The summed E-state index contributed by atoms with van der Waals surface area (Å²) < 4.78 is 0. The Hall–Kier alpha value is -1.39. The number of aryl methyl sites for hydroxylation is 1. The summed E-state index contributed by atoms with van der Waals surface area (Å²) in [5, 5.41) is 3.06. The van der Waals surface area contributed by atoms with Crippen molar-refractivity contribution in [1.82, 2.24) is 15.1 Å². The van der Waals surface area contributed by atoms with Crippen LogP contribution in [0.25, 0.3) is 0 Å². The van der Waals surface area contributed by atoms with Crippen molar-refractivity contribution in [3.8, 4) is 0 Å². The van der Waals surface area contributed by atoms with Crippen molar-refractivity contribution in [3.05, 3.63) is 35.4 Å². The van der Waals surface area contributed by atoms with Crippen molar-refractivity contribution in [2.45, 2.75) is 63.8 Å². The van der Waals surface area contributed by atoms with Crippen LogP contribution >= 0.6 is 0 Å². The maximum Gasteiger partial charge on any atom is 0.220 e. The zero-order valence-corrected chi connectivity index (χ0v) is 18.2. The number of hydrogen-bond acceptors (Lipinski definition) is 3. The van der Waals surface area contributed by atoms with E-state index >= 15 is 0 Å². The van der Waals surface area contributed by atoms with Crippen LogP contribution in [-0.4, -0.2) is 61.5 Å². The van der Waals surface area contributed by atoms with E-state index in [1.165, 1.54) is 82.3 Å². The first-order valence-electron chi connectivity index (χ1n) is 11.9. The number of likely N-dealkylation sites (tertiary alicyclic amines) is 2. The number of piperidine rings is 2. The predicted molar refractivity (Wildman–Crippen MR) is 119 cm³/mol. The molecule has 2 aliphatic heterocycles. The molecule has 4 nitrogen and oxygen atoms in total. The molecule has 1 aliphatic carbocycles. The fourth-order valence-electron chi connectivity index (χ4n) is 4.98. The summed E-state index contributed by atoms with van der Waals surface area (Å²) >= 11 is 0. The fourth-order valence-corrected chi connectivity index (χ4v) is 4.98. The average Bonchev–Trinajstić information content (AvgIpc) is 3.58. The Morgan fingerprint density at radius 3 is 2.21 bits per heavy atom. The van der Waals surface area contributed by atoms with Crippen LogP contribution in [-0.2, 0) is 17.6 Å². The molecule has 0 bridgehead atoms. The van der Waals surface area contributed by atoms with Gasteiger partial charge in [-0.15, -0.1) is 0 Å². The van der Waals surface area contributed by atoms with Crippen LogP contribution in [0.5, 0.6) is 0 Å². The van der Waals surface area contributed by atoms with E-state index in [-0.39, 0.29) is 5.91 Å². The van der Waals surface area contributed by atoms with E-state index < -0.39 is 0 Å². The number of benzene rings is 1. The first-order valence-corrected chi connectivity index (χ1v) is 11.9. The SMILES string of the molecule is CN1CCC(N2CCC(Cc3ccc(CCC(=O)NCC4CC4)cc3)CC2)CC1. The van der Waals surface area contributed by atoms with Gasteiger partial charge in [-0.2, -0.15) is 0 Å². The summed E-state index contributed by atoms with van der Waals surface area (Å²) in [5.41, 5.74) is 2.75. The third-order valence-corrected chi connectivity index (χ3v) is 7.33. The predicted octanol–water partition coefficient (Wildman–Crippen LogP) is 3.49. The lowest BCUT2D eigenvalue weighted by atomic mass is 9.88. The van der Waals surface area contributed by atoms with Gasteiger partial charge in [0.1, 0.15) is 0 Å². The summed E-state index contributed by atoms with van der Waals surface area (Å²) in [5.74, 6) is 1.79. The molecule has 0 spiro atoms. The van der Waals surface area contributed by atoms with E-state index in [1.807, 2.05) is 0 Å². The van der Waals surface area contributed by atoms with Gasteiger partial charge in [0.25, 0.3) is 0 Å². The number of nitrogens with zero attached hydrogens (tertiary/aromatic N) is 2. The van der Waals surface area contributed by atoms with Crippen LogP contribution in [0.2, 0.25) is 0 Å². The summed E-state index contributed by atoms with van der Waals surface area (Å²) in [6.07, 6.45) is 10.6. The van der Waals surface area contributed by atoms with Gasteiger partial charge < -0.3 is 15.1 Å². The quantitative estimate of drug-likeness (QED) is 0.729. The molecule has 1 saturated carbocycles. The molecular formula is C25H39N3O. The van der Waals surface area contributed by atoms with E-state index in [0.29, 0.717) is 6.42 Å². The lowest BCUT2D eigenvalue weighted by molar-refractivity contribution is -0.121. The number of amides is 1. The van der Waals surface area contributed by atoms with Gasteiger partial charge in [-0.25, -0.2) is 0 Å². The summed E-state index contributed by atoms with van der Waals surface area (Å²) in [7, 11) is 2.25. The lowest BCUT2D eigenvalue weighted by Gasteiger charge is -2.41. The van der Waals surface area contributed by atoms with Gasteiger partial charge in [0, 0.05) is 19.0 Å². The zero-order chi connectivity index (χ0) is 20.1. The molecule has 3 fully saturated rings. The number of rotatable bonds is 8. The van der Waals surface area contributed by atoms with Crippen molar-refractivity contribution < 1.29 is 4.79 Å². The molecule has 3 aliphatic rings. The van der Waals surface area contributed by atoms with Crippen molar-refractivity contribution >= 4 is 5.91 Å². The Kier molecular flexibility index (Phi) is 7.25. The Balaban J connectivity index is 1.15. The molecule has 0 atom stereocenters. The Labute approximate surface area is 177 Å². The van der Waals surface area contributed by atoms with Crippen molar-refractivity contribution in [2.24, 2.45) is 11.8 Å². The molecular weight excluding hydrogens is 358 g/mol. The van der Waals surface area contributed by atoms with Gasteiger partial charge in [-0.05, 0) is 108 Å². The molecule has 1 N–H and O–H groups in total. The van der Waals surface area contributed by atoms with Crippen LogP contribution < -0.4 is 5.32 Å². The molecule has 1 aromatic carbocycles. The number of carbonyl (C=O) groups is 1. The molecule has 1 aromatic rings. The molecule has 0 unspecified atom stereocenters.